The highest BCUT2D eigenvalue weighted by molar-refractivity contribution is 7.92. The second kappa shape index (κ2) is 10.2. The van der Waals surface area contributed by atoms with E-state index in [1.165, 1.54) is 12.1 Å². The molecule has 1 aromatic rings. The minimum atomic E-state index is -4.50. The van der Waals surface area contributed by atoms with E-state index >= 15 is 0 Å². The number of hydrogen-bond acceptors (Lipinski definition) is 4. The molecule has 2 aliphatic rings. The number of carbonyl (C=O) groups is 1. The highest BCUT2D eigenvalue weighted by atomic mass is 32.2. The lowest BCUT2D eigenvalue weighted by atomic mass is 9.83. The van der Waals surface area contributed by atoms with Gasteiger partial charge in [-0.25, -0.2) is 13.1 Å². The summed E-state index contributed by atoms with van der Waals surface area (Å²) >= 11 is 0. The van der Waals surface area contributed by atoms with Crippen molar-refractivity contribution < 1.29 is 36.2 Å². The van der Waals surface area contributed by atoms with Gasteiger partial charge in [0.25, 0.3) is 0 Å². The standard InChI is InChI=1S/C22H26F3NO5S/c23-22(24,25)16-7-5-6-15(14-16)12-13-32(29,30)26-21-17(18-10-11-19(21)31-18)8-3-1-2-4-9-20(27)28/h1,3,5-7,12-14,17-19,21,26H,2,4,8-11H2,(H,27,28)/b3-1+,13-12+. The van der Waals surface area contributed by atoms with Gasteiger partial charge in [0.2, 0.25) is 10.0 Å². The zero-order valence-electron chi connectivity index (χ0n) is 17.3. The van der Waals surface area contributed by atoms with Crippen LogP contribution in [0.25, 0.3) is 6.08 Å². The van der Waals surface area contributed by atoms with E-state index < -0.39 is 33.8 Å². The van der Waals surface area contributed by atoms with Crippen molar-refractivity contribution in [1.29, 1.82) is 0 Å². The van der Waals surface area contributed by atoms with Crippen molar-refractivity contribution in [2.24, 2.45) is 5.92 Å². The van der Waals surface area contributed by atoms with E-state index in [1.807, 2.05) is 12.2 Å². The van der Waals surface area contributed by atoms with Gasteiger partial charge in [-0.1, -0.05) is 24.3 Å². The molecule has 2 heterocycles. The van der Waals surface area contributed by atoms with Gasteiger partial charge in [-0.3, -0.25) is 4.79 Å². The highest BCUT2D eigenvalue weighted by Gasteiger charge is 2.49. The summed E-state index contributed by atoms with van der Waals surface area (Å²) in [7, 11) is -3.90. The SMILES string of the molecule is O=C(O)CCC/C=C/CC1C2CCC(O2)C1NS(=O)(=O)/C=C/c1cccc(C(F)(F)F)c1. The largest absolute Gasteiger partial charge is 0.481 e. The van der Waals surface area contributed by atoms with E-state index in [0.717, 1.165) is 36.5 Å². The van der Waals surface area contributed by atoms with Gasteiger partial charge in [0.1, 0.15) is 0 Å². The molecule has 10 heteroatoms. The molecule has 4 atom stereocenters. The Balaban J connectivity index is 1.62. The summed E-state index contributed by atoms with van der Waals surface area (Å²) in [5.41, 5.74) is -0.711. The predicted octanol–water partition coefficient (Wildman–Crippen LogP) is 4.34. The molecule has 2 saturated heterocycles. The summed E-state index contributed by atoms with van der Waals surface area (Å²) in [6.45, 7) is 0. The van der Waals surface area contributed by atoms with Gasteiger partial charge >= 0.3 is 12.1 Å². The van der Waals surface area contributed by atoms with Gasteiger partial charge in [-0.15, -0.1) is 0 Å². The number of alkyl halides is 3. The second-order valence-electron chi connectivity index (χ2n) is 8.06. The van der Waals surface area contributed by atoms with Crippen LogP contribution in [0.1, 0.15) is 49.7 Å². The Bertz CT molecular complexity index is 974. The maximum Gasteiger partial charge on any atom is 0.416 e. The fourth-order valence-corrected chi connectivity index (χ4v) is 5.32. The number of ether oxygens (including phenoxy) is 1. The van der Waals surface area contributed by atoms with E-state index in [2.05, 4.69) is 4.72 Å². The predicted molar refractivity (Wildman–Crippen MR) is 113 cm³/mol. The Kier molecular flexibility index (Phi) is 7.79. The highest BCUT2D eigenvalue weighted by Crippen LogP contribution is 2.41. The van der Waals surface area contributed by atoms with Crippen LogP contribution >= 0.6 is 0 Å². The van der Waals surface area contributed by atoms with Crippen LogP contribution in [0.3, 0.4) is 0 Å². The molecule has 0 aromatic heterocycles. The van der Waals surface area contributed by atoms with Crippen LogP contribution in [-0.4, -0.2) is 37.7 Å². The lowest BCUT2D eigenvalue weighted by molar-refractivity contribution is -0.138. The Morgan fingerprint density at radius 3 is 2.69 bits per heavy atom. The van der Waals surface area contributed by atoms with Gasteiger partial charge in [0.15, 0.2) is 0 Å². The van der Waals surface area contributed by atoms with Crippen molar-refractivity contribution in [3.8, 4) is 0 Å². The van der Waals surface area contributed by atoms with Gasteiger partial charge in [-0.05, 0) is 55.9 Å². The van der Waals surface area contributed by atoms with Crippen molar-refractivity contribution in [2.45, 2.75) is 63.0 Å². The minimum Gasteiger partial charge on any atom is -0.481 e. The van der Waals surface area contributed by atoms with Crippen molar-refractivity contribution >= 4 is 22.1 Å². The maximum absolute atomic E-state index is 12.8. The first-order chi connectivity index (χ1) is 15.0. The number of fused-ring (bicyclic) bond motifs is 2. The Hall–Kier alpha value is -2.17. The molecular formula is C22H26F3NO5S. The summed E-state index contributed by atoms with van der Waals surface area (Å²) in [6.07, 6.45) is 3.63. The van der Waals surface area contributed by atoms with E-state index in [9.17, 15) is 26.4 Å². The number of allylic oxidation sites excluding steroid dienone is 2. The molecule has 3 rings (SSSR count). The molecule has 0 spiro atoms. The first kappa shape index (κ1) is 24.5. The van der Waals surface area contributed by atoms with Gasteiger partial charge < -0.3 is 9.84 Å². The van der Waals surface area contributed by atoms with Crippen LogP contribution in [0.5, 0.6) is 0 Å². The number of benzene rings is 1. The number of unbranched alkanes of at least 4 members (excludes halogenated alkanes) is 1. The lowest BCUT2D eigenvalue weighted by Gasteiger charge is -2.27. The summed E-state index contributed by atoms with van der Waals surface area (Å²) in [4.78, 5) is 10.5. The molecule has 2 fully saturated rings. The quantitative estimate of drug-likeness (QED) is 0.390. The summed E-state index contributed by atoms with van der Waals surface area (Å²) < 4.78 is 72.3. The molecule has 1 aromatic carbocycles. The molecule has 4 unspecified atom stereocenters. The van der Waals surface area contributed by atoms with Crippen LogP contribution in [0.15, 0.2) is 41.8 Å². The number of carboxylic acids is 1. The third-order valence-corrected chi connectivity index (χ3v) is 6.81. The maximum atomic E-state index is 12.8. The minimum absolute atomic E-state index is 0.0520. The number of rotatable bonds is 10. The van der Waals surface area contributed by atoms with Gasteiger partial charge in [0.05, 0.1) is 23.8 Å². The number of nitrogens with one attached hydrogen (secondary N) is 1. The average Bonchev–Trinajstić information content (AvgIpc) is 3.31. The summed E-state index contributed by atoms with van der Waals surface area (Å²) in [6, 6.07) is 4.03. The van der Waals surface area contributed by atoms with E-state index in [0.29, 0.717) is 19.3 Å². The molecular weight excluding hydrogens is 447 g/mol. The zero-order chi connectivity index (χ0) is 23.4. The molecule has 0 amide bonds. The fraction of sp³-hybridized carbons (Fsp3) is 0.500. The Labute approximate surface area is 185 Å². The molecule has 6 nitrogen and oxygen atoms in total. The number of halogens is 3. The zero-order valence-corrected chi connectivity index (χ0v) is 18.1. The van der Waals surface area contributed by atoms with E-state index in [4.69, 9.17) is 9.84 Å². The van der Waals surface area contributed by atoms with E-state index in [-0.39, 0.29) is 30.1 Å². The van der Waals surface area contributed by atoms with E-state index in [1.54, 1.807) is 0 Å². The lowest BCUT2D eigenvalue weighted by Crippen LogP contribution is -2.46. The smallest absolute Gasteiger partial charge is 0.416 e. The third-order valence-electron chi connectivity index (χ3n) is 5.71. The molecule has 0 aliphatic carbocycles. The molecule has 176 valence electrons. The number of aliphatic carboxylic acids is 1. The van der Waals surface area contributed by atoms with Crippen LogP contribution < -0.4 is 4.72 Å². The number of sulfonamides is 1. The molecule has 0 radical (unpaired) electrons. The van der Waals surface area contributed by atoms with Crippen molar-refractivity contribution in [3.05, 3.63) is 53.0 Å². The van der Waals surface area contributed by atoms with Gasteiger partial charge in [0, 0.05) is 17.7 Å². The van der Waals surface area contributed by atoms with Crippen molar-refractivity contribution in [1.82, 2.24) is 4.72 Å². The topological polar surface area (TPSA) is 92.7 Å². The normalized spacial score (nSPS) is 25.8. The number of hydrogen-bond donors (Lipinski definition) is 2. The monoisotopic (exact) mass is 473 g/mol. The van der Waals surface area contributed by atoms with Crippen LogP contribution in [-0.2, 0) is 25.7 Å². The first-order valence-electron chi connectivity index (χ1n) is 10.4. The van der Waals surface area contributed by atoms with Crippen LogP contribution in [0.4, 0.5) is 13.2 Å². The molecule has 2 bridgehead atoms. The summed E-state index contributed by atoms with van der Waals surface area (Å²) in [5.74, 6) is -0.895. The van der Waals surface area contributed by atoms with Crippen LogP contribution in [0.2, 0.25) is 0 Å². The average molecular weight is 474 g/mol. The van der Waals surface area contributed by atoms with Gasteiger partial charge in [-0.2, -0.15) is 13.2 Å². The summed E-state index contributed by atoms with van der Waals surface area (Å²) in [5, 5.41) is 9.54. The molecule has 0 saturated carbocycles. The second-order valence-corrected chi connectivity index (χ2v) is 9.66. The van der Waals surface area contributed by atoms with Crippen LogP contribution in [0, 0.1) is 5.92 Å². The van der Waals surface area contributed by atoms with Crippen molar-refractivity contribution in [2.75, 3.05) is 0 Å². The third kappa shape index (κ3) is 6.66. The Morgan fingerprint density at radius 2 is 1.97 bits per heavy atom. The molecule has 32 heavy (non-hydrogen) atoms. The Morgan fingerprint density at radius 1 is 1.22 bits per heavy atom. The number of carboxylic acid groups (broad SMARTS) is 1. The molecule has 2 aliphatic heterocycles. The van der Waals surface area contributed by atoms with Crippen molar-refractivity contribution in [3.63, 3.8) is 0 Å². The first-order valence-corrected chi connectivity index (χ1v) is 12.0. The molecule has 2 N–H and O–H groups in total. The fourth-order valence-electron chi connectivity index (χ4n) is 4.20.